The second-order valence-electron chi connectivity index (χ2n) is 7.48. The maximum absolute atomic E-state index is 12.6. The van der Waals surface area contributed by atoms with Gasteiger partial charge in [0.1, 0.15) is 0 Å². The van der Waals surface area contributed by atoms with Crippen molar-refractivity contribution in [2.24, 2.45) is 5.41 Å². The zero-order valence-electron chi connectivity index (χ0n) is 14.4. The van der Waals surface area contributed by atoms with Crippen LogP contribution in [0.1, 0.15) is 24.1 Å². The monoisotopic (exact) mass is 359 g/mol. The van der Waals surface area contributed by atoms with Crippen molar-refractivity contribution in [2.75, 3.05) is 26.2 Å². The van der Waals surface area contributed by atoms with Crippen LogP contribution >= 0.6 is 0 Å². The zero-order valence-corrected chi connectivity index (χ0v) is 15.2. The Balaban J connectivity index is 1.30. The topological polar surface area (TPSA) is 56.4 Å². The molecule has 2 saturated heterocycles. The maximum atomic E-state index is 12.6. The molecule has 134 valence electrons. The summed E-state index contributed by atoms with van der Waals surface area (Å²) in [5.74, 6) is 0.114. The third-order valence-corrected chi connectivity index (χ3v) is 7.32. The minimum Gasteiger partial charge on any atom is -0.364 e. The lowest BCUT2D eigenvalue weighted by molar-refractivity contribution is -0.00173. The summed E-state index contributed by atoms with van der Waals surface area (Å²) in [6, 6.07) is 13.6. The molecule has 0 saturated carbocycles. The number of likely N-dealkylation sites (tertiary alicyclic amines) is 1. The lowest BCUT2D eigenvalue weighted by atomic mass is 9.73. The lowest BCUT2D eigenvalue weighted by Gasteiger charge is -2.53. The molecule has 1 N–H and O–H groups in total. The first-order valence-corrected chi connectivity index (χ1v) is 10.5. The second kappa shape index (κ2) is 6.59. The van der Waals surface area contributed by atoms with Crippen molar-refractivity contribution in [2.45, 2.75) is 25.1 Å². The summed E-state index contributed by atoms with van der Waals surface area (Å²) < 4.78 is 26.9. The second-order valence-corrected chi connectivity index (χ2v) is 9.45. The van der Waals surface area contributed by atoms with Gasteiger partial charge in [-0.15, -0.1) is 0 Å². The average molecular weight is 359 g/mol. The number of aromatic amines is 1. The molecule has 0 aliphatic carbocycles. The van der Waals surface area contributed by atoms with Gasteiger partial charge in [0.05, 0.1) is 5.75 Å². The number of rotatable bonds is 5. The van der Waals surface area contributed by atoms with Gasteiger partial charge in [0, 0.05) is 36.9 Å². The number of aromatic nitrogens is 1. The number of nitrogens with one attached hydrogen (secondary N) is 1. The summed E-state index contributed by atoms with van der Waals surface area (Å²) >= 11 is 0. The van der Waals surface area contributed by atoms with Gasteiger partial charge in [-0.2, -0.15) is 0 Å². The van der Waals surface area contributed by atoms with Crippen LogP contribution < -0.4 is 0 Å². The molecule has 2 aliphatic rings. The Hall–Kier alpha value is -1.63. The van der Waals surface area contributed by atoms with Gasteiger partial charge in [-0.3, -0.25) is 4.90 Å². The van der Waals surface area contributed by atoms with E-state index in [0.717, 1.165) is 38.0 Å². The highest BCUT2D eigenvalue weighted by atomic mass is 32.2. The van der Waals surface area contributed by atoms with E-state index in [4.69, 9.17) is 0 Å². The minimum atomic E-state index is -3.19. The average Bonchev–Trinajstić information content (AvgIpc) is 3.07. The number of sulfonamides is 1. The third kappa shape index (κ3) is 3.66. The number of H-pyrrole nitrogens is 1. The molecule has 5 nitrogen and oxygen atoms in total. The number of benzene rings is 1. The van der Waals surface area contributed by atoms with E-state index in [1.54, 1.807) is 4.31 Å². The van der Waals surface area contributed by atoms with Crippen LogP contribution in [0.4, 0.5) is 0 Å². The highest BCUT2D eigenvalue weighted by Crippen LogP contribution is 2.42. The lowest BCUT2D eigenvalue weighted by Crippen LogP contribution is -2.61. The molecule has 0 radical (unpaired) electrons. The Bertz CT molecular complexity index is 786. The van der Waals surface area contributed by atoms with Crippen LogP contribution in [0.3, 0.4) is 0 Å². The van der Waals surface area contributed by atoms with E-state index in [9.17, 15) is 8.42 Å². The SMILES string of the molecule is O=S(=O)(Cc1ccccc1)N1CC2(CCN(Cc3ccc[nH]3)CC2)C1. The van der Waals surface area contributed by atoms with E-state index in [-0.39, 0.29) is 11.2 Å². The van der Waals surface area contributed by atoms with Gasteiger partial charge < -0.3 is 4.98 Å². The Kier molecular flexibility index (Phi) is 4.43. The molecule has 4 rings (SSSR count). The minimum absolute atomic E-state index is 0.114. The van der Waals surface area contributed by atoms with Crippen molar-refractivity contribution < 1.29 is 8.42 Å². The third-order valence-electron chi connectivity index (χ3n) is 5.58. The van der Waals surface area contributed by atoms with Crippen molar-refractivity contribution in [3.05, 3.63) is 59.9 Å². The molecule has 25 heavy (non-hydrogen) atoms. The van der Waals surface area contributed by atoms with E-state index < -0.39 is 10.0 Å². The van der Waals surface area contributed by atoms with Crippen LogP contribution in [0, 0.1) is 5.41 Å². The standard InChI is InChI=1S/C19H25N3O2S/c23-25(24,14-17-5-2-1-3-6-17)22-15-19(16-22)8-11-21(12-9-19)13-18-7-4-10-20-18/h1-7,10,20H,8-9,11-16H2. The molecule has 1 aromatic heterocycles. The summed E-state index contributed by atoms with van der Waals surface area (Å²) in [5, 5.41) is 0. The van der Waals surface area contributed by atoms with Gasteiger partial charge in [-0.1, -0.05) is 30.3 Å². The first kappa shape index (κ1) is 16.8. The Morgan fingerprint density at radius 3 is 2.36 bits per heavy atom. The van der Waals surface area contributed by atoms with Gasteiger partial charge in [-0.05, 0) is 43.6 Å². The number of hydrogen-bond donors (Lipinski definition) is 1. The normalized spacial score (nSPS) is 21.3. The van der Waals surface area contributed by atoms with Crippen molar-refractivity contribution in [3.8, 4) is 0 Å². The van der Waals surface area contributed by atoms with Crippen LogP contribution in [0.25, 0.3) is 0 Å². The fraction of sp³-hybridized carbons (Fsp3) is 0.474. The molecule has 0 amide bonds. The first-order valence-electron chi connectivity index (χ1n) is 8.91. The zero-order chi connectivity index (χ0) is 17.3. The smallest absolute Gasteiger partial charge is 0.218 e. The Labute approximate surface area is 149 Å². The molecule has 2 fully saturated rings. The summed E-state index contributed by atoms with van der Waals surface area (Å²) in [4.78, 5) is 5.71. The van der Waals surface area contributed by atoms with Crippen LogP contribution in [-0.2, 0) is 22.3 Å². The van der Waals surface area contributed by atoms with Gasteiger partial charge in [0.25, 0.3) is 0 Å². The molecular weight excluding hydrogens is 334 g/mol. The Morgan fingerprint density at radius 1 is 1.00 bits per heavy atom. The highest BCUT2D eigenvalue weighted by Gasteiger charge is 2.48. The summed E-state index contributed by atoms with van der Waals surface area (Å²) in [5.41, 5.74) is 2.32. The van der Waals surface area contributed by atoms with Crippen LogP contribution in [0.5, 0.6) is 0 Å². The Morgan fingerprint density at radius 2 is 1.72 bits per heavy atom. The van der Waals surface area contributed by atoms with E-state index >= 15 is 0 Å². The van der Waals surface area contributed by atoms with Crippen LogP contribution in [0.15, 0.2) is 48.7 Å². The summed E-state index contributed by atoms with van der Waals surface area (Å²) in [7, 11) is -3.19. The van der Waals surface area contributed by atoms with E-state index in [1.807, 2.05) is 42.6 Å². The fourth-order valence-electron chi connectivity index (χ4n) is 3.98. The van der Waals surface area contributed by atoms with E-state index in [0.29, 0.717) is 13.1 Å². The molecular formula is C19H25N3O2S. The molecule has 1 spiro atoms. The summed E-state index contributed by atoms with van der Waals surface area (Å²) in [6.07, 6.45) is 4.14. The molecule has 2 aliphatic heterocycles. The highest BCUT2D eigenvalue weighted by molar-refractivity contribution is 7.88. The van der Waals surface area contributed by atoms with E-state index in [1.165, 1.54) is 5.69 Å². The quantitative estimate of drug-likeness (QED) is 0.892. The molecule has 0 unspecified atom stereocenters. The molecule has 3 heterocycles. The molecule has 1 aromatic carbocycles. The van der Waals surface area contributed by atoms with Gasteiger partial charge in [0.15, 0.2) is 0 Å². The summed E-state index contributed by atoms with van der Waals surface area (Å²) in [6.45, 7) is 4.44. The van der Waals surface area contributed by atoms with Crippen molar-refractivity contribution >= 4 is 10.0 Å². The largest absolute Gasteiger partial charge is 0.364 e. The van der Waals surface area contributed by atoms with Gasteiger partial charge in [0.2, 0.25) is 10.0 Å². The van der Waals surface area contributed by atoms with Gasteiger partial charge >= 0.3 is 0 Å². The predicted molar refractivity (Wildman–Crippen MR) is 98.4 cm³/mol. The molecule has 6 heteroatoms. The first-order chi connectivity index (χ1) is 12.0. The predicted octanol–water partition coefficient (Wildman–Crippen LogP) is 2.44. The van der Waals surface area contributed by atoms with Crippen LogP contribution in [0.2, 0.25) is 0 Å². The van der Waals surface area contributed by atoms with Gasteiger partial charge in [-0.25, -0.2) is 12.7 Å². The van der Waals surface area contributed by atoms with Crippen molar-refractivity contribution in [1.29, 1.82) is 0 Å². The molecule has 2 aromatic rings. The van der Waals surface area contributed by atoms with Crippen molar-refractivity contribution in [3.63, 3.8) is 0 Å². The number of hydrogen-bond acceptors (Lipinski definition) is 3. The van der Waals surface area contributed by atoms with Crippen molar-refractivity contribution in [1.82, 2.24) is 14.2 Å². The molecule has 0 bridgehead atoms. The van der Waals surface area contributed by atoms with Crippen LogP contribution in [-0.4, -0.2) is 48.8 Å². The number of nitrogens with zero attached hydrogens (tertiary/aromatic N) is 2. The number of piperidine rings is 1. The van der Waals surface area contributed by atoms with E-state index in [2.05, 4.69) is 16.0 Å². The molecule has 0 atom stereocenters. The fourth-order valence-corrected chi connectivity index (χ4v) is 5.72. The maximum Gasteiger partial charge on any atom is 0.218 e.